The van der Waals surface area contributed by atoms with E-state index in [1.54, 1.807) is 32.2 Å². The molecule has 0 radical (unpaired) electrons. The average Bonchev–Trinajstić information content (AvgIpc) is 3.15. The first-order chi connectivity index (χ1) is 14.6. The van der Waals surface area contributed by atoms with Crippen LogP contribution in [0.4, 0.5) is 5.69 Å². The Balaban J connectivity index is 1.77. The molecular formula is C22H26N4O4S. The van der Waals surface area contributed by atoms with Crippen molar-refractivity contribution < 1.29 is 17.7 Å². The van der Waals surface area contributed by atoms with E-state index in [2.05, 4.69) is 10.1 Å². The van der Waals surface area contributed by atoms with Gasteiger partial charge in [-0.15, -0.1) is 0 Å². The molecule has 0 aliphatic carbocycles. The molecule has 0 unspecified atom stereocenters. The minimum absolute atomic E-state index is 0.0630. The maximum absolute atomic E-state index is 13.0. The monoisotopic (exact) mass is 442 g/mol. The fourth-order valence-electron chi connectivity index (χ4n) is 3.31. The molecule has 0 saturated heterocycles. The van der Waals surface area contributed by atoms with Gasteiger partial charge in [0.2, 0.25) is 27.6 Å². The fourth-order valence-corrected chi connectivity index (χ4v) is 4.47. The normalized spacial score (nSPS) is 12.4. The molecule has 0 N–H and O–H groups in total. The van der Waals surface area contributed by atoms with E-state index in [0.717, 1.165) is 27.3 Å². The standard InChI is InChI=1S/C22H26N4O4S/c1-15-9-11-18(12-10-15)21-23-20(30-24-21)14-25(4)22(27)17(3)26(31(5,28)29)19-8-6-7-16(2)13-19/h6-13,17H,14H2,1-5H3/t17-/m0/s1. The summed E-state index contributed by atoms with van der Waals surface area (Å²) < 4.78 is 31.4. The second kappa shape index (κ2) is 8.89. The van der Waals surface area contributed by atoms with Gasteiger partial charge in [0.15, 0.2) is 0 Å². The van der Waals surface area contributed by atoms with Crippen LogP contribution < -0.4 is 4.31 Å². The van der Waals surface area contributed by atoms with Crippen LogP contribution in [0, 0.1) is 13.8 Å². The van der Waals surface area contributed by atoms with Crippen LogP contribution in [0.3, 0.4) is 0 Å². The summed E-state index contributed by atoms with van der Waals surface area (Å²) in [6.07, 6.45) is 1.09. The summed E-state index contributed by atoms with van der Waals surface area (Å²) in [7, 11) is -2.11. The minimum Gasteiger partial charge on any atom is -0.337 e. The first-order valence-corrected chi connectivity index (χ1v) is 11.6. The number of benzene rings is 2. The number of carbonyl (C=O) groups excluding carboxylic acids is 1. The molecule has 0 spiro atoms. The van der Waals surface area contributed by atoms with Gasteiger partial charge in [-0.3, -0.25) is 9.10 Å². The molecule has 3 aromatic rings. The van der Waals surface area contributed by atoms with Crippen LogP contribution in [-0.4, -0.2) is 48.7 Å². The van der Waals surface area contributed by atoms with Gasteiger partial charge in [-0.05, 0) is 38.5 Å². The number of amides is 1. The summed E-state index contributed by atoms with van der Waals surface area (Å²) in [5.41, 5.74) is 3.27. The minimum atomic E-state index is -3.69. The summed E-state index contributed by atoms with van der Waals surface area (Å²) in [6, 6.07) is 13.8. The molecule has 2 aromatic carbocycles. The van der Waals surface area contributed by atoms with Crippen LogP contribution in [0.5, 0.6) is 0 Å². The largest absolute Gasteiger partial charge is 0.337 e. The number of hydrogen-bond acceptors (Lipinski definition) is 6. The molecule has 9 heteroatoms. The van der Waals surface area contributed by atoms with Gasteiger partial charge in [-0.25, -0.2) is 8.42 Å². The molecule has 3 rings (SSSR count). The van der Waals surface area contributed by atoms with Crippen molar-refractivity contribution in [3.63, 3.8) is 0 Å². The number of carbonyl (C=O) groups is 1. The number of aryl methyl sites for hydroxylation is 2. The Morgan fingerprint density at radius 2 is 1.77 bits per heavy atom. The summed E-state index contributed by atoms with van der Waals surface area (Å²) in [6.45, 7) is 5.48. The first-order valence-electron chi connectivity index (χ1n) is 9.77. The highest BCUT2D eigenvalue weighted by Gasteiger charge is 2.31. The molecule has 1 aromatic heterocycles. The topological polar surface area (TPSA) is 96.6 Å². The summed E-state index contributed by atoms with van der Waals surface area (Å²) in [5.74, 6) is 0.309. The van der Waals surface area contributed by atoms with Crippen molar-refractivity contribution >= 4 is 21.6 Å². The molecule has 31 heavy (non-hydrogen) atoms. The van der Waals surface area contributed by atoms with E-state index in [1.807, 2.05) is 44.2 Å². The van der Waals surface area contributed by atoms with Crippen molar-refractivity contribution in [3.05, 3.63) is 65.5 Å². The second-order valence-corrected chi connectivity index (χ2v) is 9.51. The maximum Gasteiger partial charge on any atom is 0.246 e. The van der Waals surface area contributed by atoms with Crippen LogP contribution in [0.2, 0.25) is 0 Å². The van der Waals surface area contributed by atoms with Gasteiger partial charge in [0.1, 0.15) is 6.04 Å². The number of aromatic nitrogens is 2. The van der Waals surface area contributed by atoms with Gasteiger partial charge in [0.05, 0.1) is 18.5 Å². The zero-order chi connectivity index (χ0) is 22.8. The molecule has 8 nitrogen and oxygen atoms in total. The lowest BCUT2D eigenvalue weighted by Gasteiger charge is -2.30. The number of rotatable bonds is 7. The quantitative estimate of drug-likeness (QED) is 0.558. The molecule has 0 aliphatic heterocycles. The van der Waals surface area contributed by atoms with Gasteiger partial charge in [0, 0.05) is 12.6 Å². The van der Waals surface area contributed by atoms with E-state index in [9.17, 15) is 13.2 Å². The fraction of sp³-hybridized carbons (Fsp3) is 0.318. The van der Waals surface area contributed by atoms with E-state index in [-0.39, 0.29) is 18.3 Å². The second-order valence-electron chi connectivity index (χ2n) is 7.65. The molecule has 0 bridgehead atoms. The van der Waals surface area contributed by atoms with Crippen molar-refractivity contribution in [1.29, 1.82) is 0 Å². The Kier molecular flexibility index (Phi) is 6.45. The Morgan fingerprint density at radius 1 is 1.10 bits per heavy atom. The predicted molar refractivity (Wildman–Crippen MR) is 119 cm³/mol. The lowest BCUT2D eigenvalue weighted by Crippen LogP contribution is -2.48. The molecule has 1 heterocycles. The van der Waals surface area contributed by atoms with Crippen LogP contribution >= 0.6 is 0 Å². The molecule has 0 aliphatic rings. The summed E-state index contributed by atoms with van der Waals surface area (Å²) in [4.78, 5) is 18.8. The molecule has 1 amide bonds. The van der Waals surface area contributed by atoms with Crippen molar-refractivity contribution in [1.82, 2.24) is 15.0 Å². The van der Waals surface area contributed by atoms with E-state index in [4.69, 9.17) is 4.52 Å². The number of anilines is 1. The third kappa shape index (κ3) is 5.29. The number of likely N-dealkylation sites (N-methyl/N-ethyl adjacent to an activating group) is 1. The van der Waals surface area contributed by atoms with Crippen LogP contribution in [0.1, 0.15) is 23.9 Å². The van der Waals surface area contributed by atoms with E-state index in [0.29, 0.717) is 11.5 Å². The Labute approximate surface area is 182 Å². The van der Waals surface area contributed by atoms with E-state index >= 15 is 0 Å². The van der Waals surface area contributed by atoms with Crippen molar-refractivity contribution in [2.45, 2.75) is 33.4 Å². The van der Waals surface area contributed by atoms with E-state index < -0.39 is 16.1 Å². The van der Waals surface area contributed by atoms with Gasteiger partial charge in [-0.1, -0.05) is 47.1 Å². The van der Waals surface area contributed by atoms with Gasteiger partial charge in [0.25, 0.3) is 0 Å². The maximum atomic E-state index is 13.0. The predicted octanol–water partition coefficient (Wildman–Crippen LogP) is 3.17. The van der Waals surface area contributed by atoms with Gasteiger partial charge in [-0.2, -0.15) is 4.98 Å². The molecular weight excluding hydrogens is 416 g/mol. The van der Waals surface area contributed by atoms with Crippen LogP contribution in [-0.2, 0) is 21.4 Å². The van der Waals surface area contributed by atoms with Crippen LogP contribution in [0.15, 0.2) is 53.1 Å². The average molecular weight is 443 g/mol. The number of sulfonamides is 1. The highest BCUT2D eigenvalue weighted by molar-refractivity contribution is 7.92. The Morgan fingerprint density at radius 3 is 2.39 bits per heavy atom. The third-order valence-electron chi connectivity index (χ3n) is 4.85. The summed E-state index contributed by atoms with van der Waals surface area (Å²) in [5, 5.41) is 3.97. The smallest absolute Gasteiger partial charge is 0.246 e. The summed E-state index contributed by atoms with van der Waals surface area (Å²) >= 11 is 0. The van der Waals surface area contributed by atoms with Crippen molar-refractivity contribution in [2.24, 2.45) is 0 Å². The molecule has 0 saturated carbocycles. The lowest BCUT2D eigenvalue weighted by atomic mass is 10.1. The van der Waals surface area contributed by atoms with Crippen molar-refractivity contribution in [3.8, 4) is 11.4 Å². The highest BCUT2D eigenvalue weighted by Crippen LogP contribution is 2.23. The van der Waals surface area contributed by atoms with Gasteiger partial charge < -0.3 is 9.42 Å². The lowest BCUT2D eigenvalue weighted by molar-refractivity contribution is -0.131. The van der Waals surface area contributed by atoms with Crippen LogP contribution in [0.25, 0.3) is 11.4 Å². The zero-order valence-electron chi connectivity index (χ0n) is 18.2. The molecule has 164 valence electrons. The molecule has 1 atom stereocenters. The SMILES string of the molecule is Cc1ccc(-c2noc(CN(C)C(=O)[C@H](C)N(c3cccc(C)c3)S(C)(=O)=O)n2)cc1. The molecule has 0 fully saturated rings. The van der Waals surface area contributed by atoms with E-state index in [1.165, 1.54) is 4.90 Å². The Hall–Kier alpha value is -3.20. The first kappa shape index (κ1) is 22.5. The third-order valence-corrected chi connectivity index (χ3v) is 6.09. The zero-order valence-corrected chi connectivity index (χ0v) is 19.0. The van der Waals surface area contributed by atoms with Crippen molar-refractivity contribution in [2.75, 3.05) is 17.6 Å². The number of nitrogens with zero attached hydrogens (tertiary/aromatic N) is 4. The Bertz CT molecular complexity index is 1170. The number of hydrogen-bond donors (Lipinski definition) is 0. The highest BCUT2D eigenvalue weighted by atomic mass is 32.2. The van der Waals surface area contributed by atoms with Gasteiger partial charge >= 0.3 is 0 Å².